The van der Waals surface area contributed by atoms with E-state index < -0.39 is 0 Å². The Bertz CT molecular complexity index is 1070. The Labute approximate surface area is 159 Å². The Morgan fingerprint density at radius 2 is 1.56 bits per heavy atom. The molecular formula is C23H22N4. The van der Waals surface area contributed by atoms with Gasteiger partial charge in [-0.05, 0) is 22.4 Å². The molecule has 0 amide bonds. The Morgan fingerprint density at radius 1 is 0.741 bits per heavy atom. The van der Waals surface area contributed by atoms with Crippen molar-refractivity contribution < 1.29 is 0 Å². The van der Waals surface area contributed by atoms with E-state index in [0.29, 0.717) is 0 Å². The predicted molar refractivity (Wildman–Crippen MR) is 108 cm³/mol. The van der Waals surface area contributed by atoms with E-state index in [-0.39, 0.29) is 0 Å². The molecule has 1 aromatic heterocycles. The van der Waals surface area contributed by atoms with Crippen LogP contribution in [0.1, 0.15) is 11.4 Å². The summed E-state index contributed by atoms with van der Waals surface area (Å²) in [4.78, 5) is 2.52. The molecule has 0 atom stereocenters. The van der Waals surface area contributed by atoms with Crippen LogP contribution in [0.2, 0.25) is 0 Å². The molecule has 0 spiro atoms. The molecular weight excluding hydrogens is 332 g/mol. The largest absolute Gasteiger partial charge is 0.310 e. The van der Waals surface area contributed by atoms with Gasteiger partial charge in [0.25, 0.3) is 0 Å². The number of fused-ring (bicyclic) bond motifs is 2. The highest BCUT2D eigenvalue weighted by Crippen LogP contribution is 2.21. The highest BCUT2D eigenvalue weighted by atomic mass is 15.3. The molecule has 27 heavy (non-hydrogen) atoms. The average molecular weight is 354 g/mol. The number of benzene rings is 3. The number of hydrogen-bond donors (Lipinski definition) is 0. The molecule has 0 bridgehead atoms. The third-order valence-corrected chi connectivity index (χ3v) is 5.37. The average Bonchev–Trinajstić information content (AvgIpc) is 3.03. The normalized spacial score (nSPS) is 14.8. The van der Waals surface area contributed by atoms with Gasteiger partial charge in [0, 0.05) is 38.2 Å². The van der Waals surface area contributed by atoms with Crippen LogP contribution in [0.4, 0.5) is 0 Å². The molecule has 3 aromatic carbocycles. The Hall–Kier alpha value is -2.98. The molecule has 0 saturated heterocycles. The smallest absolute Gasteiger partial charge is 0.164 e. The second kappa shape index (κ2) is 6.97. The predicted octanol–water partition coefficient (Wildman–Crippen LogP) is 4.16. The van der Waals surface area contributed by atoms with Crippen LogP contribution in [-0.2, 0) is 19.5 Å². The van der Waals surface area contributed by atoms with Gasteiger partial charge in [-0.2, -0.15) is 0 Å². The lowest BCUT2D eigenvalue weighted by molar-refractivity contribution is 0.271. The lowest BCUT2D eigenvalue weighted by atomic mass is 10.1. The van der Waals surface area contributed by atoms with E-state index in [0.717, 1.165) is 49.8 Å². The molecule has 1 aliphatic heterocycles. The zero-order chi connectivity index (χ0) is 18.1. The molecule has 0 saturated carbocycles. The zero-order valence-electron chi connectivity index (χ0n) is 15.3. The summed E-state index contributed by atoms with van der Waals surface area (Å²) in [6.45, 7) is 3.93. The summed E-state index contributed by atoms with van der Waals surface area (Å²) < 4.78 is 2.29. The van der Waals surface area contributed by atoms with Gasteiger partial charge in [-0.25, -0.2) is 0 Å². The SMILES string of the molecule is c1ccc(-c2nnc3n2CCN(Cc2ccc4ccccc4c2)CC3)cc1. The molecule has 4 heteroatoms. The molecule has 1 aliphatic rings. The molecule has 134 valence electrons. The standard InChI is InChI=1S/C23H22N4/c1-2-7-20(8-3-1)23-25-24-22-12-13-26(14-15-27(22)23)17-18-10-11-19-6-4-5-9-21(19)16-18/h1-11,16H,12-15,17H2. The second-order valence-corrected chi connectivity index (χ2v) is 7.17. The molecule has 0 N–H and O–H groups in total. The summed E-state index contributed by atoms with van der Waals surface area (Å²) in [5.74, 6) is 2.08. The van der Waals surface area contributed by atoms with Crippen molar-refractivity contribution in [2.45, 2.75) is 19.5 Å². The fourth-order valence-electron chi connectivity index (χ4n) is 3.92. The molecule has 2 heterocycles. The van der Waals surface area contributed by atoms with Crippen molar-refractivity contribution in [2.24, 2.45) is 0 Å². The van der Waals surface area contributed by atoms with Crippen molar-refractivity contribution in [3.05, 3.63) is 84.2 Å². The Morgan fingerprint density at radius 3 is 2.44 bits per heavy atom. The summed E-state index contributed by atoms with van der Waals surface area (Å²) in [7, 11) is 0. The molecule has 0 radical (unpaired) electrons. The molecule has 0 aliphatic carbocycles. The van der Waals surface area contributed by atoms with Gasteiger partial charge in [-0.1, -0.05) is 66.7 Å². The first-order valence-electron chi connectivity index (χ1n) is 9.54. The van der Waals surface area contributed by atoms with E-state index >= 15 is 0 Å². The minimum absolute atomic E-state index is 0.931. The highest BCUT2D eigenvalue weighted by molar-refractivity contribution is 5.82. The number of rotatable bonds is 3. The van der Waals surface area contributed by atoms with Crippen LogP contribution < -0.4 is 0 Å². The minimum Gasteiger partial charge on any atom is -0.310 e. The second-order valence-electron chi connectivity index (χ2n) is 7.17. The zero-order valence-corrected chi connectivity index (χ0v) is 15.3. The van der Waals surface area contributed by atoms with Crippen LogP contribution in [0.15, 0.2) is 72.8 Å². The van der Waals surface area contributed by atoms with E-state index in [2.05, 4.69) is 86.4 Å². The first-order valence-corrected chi connectivity index (χ1v) is 9.54. The molecule has 5 rings (SSSR count). The van der Waals surface area contributed by atoms with Crippen LogP contribution >= 0.6 is 0 Å². The maximum Gasteiger partial charge on any atom is 0.164 e. The van der Waals surface area contributed by atoms with Gasteiger partial charge in [-0.15, -0.1) is 10.2 Å². The third kappa shape index (κ3) is 3.24. The topological polar surface area (TPSA) is 34.0 Å². The maximum absolute atomic E-state index is 4.46. The van der Waals surface area contributed by atoms with E-state index in [4.69, 9.17) is 0 Å². The minimum atomic E-state index is 0.931. The van der Waals surface area contributed by atoms with E-state index in [9.17, 15) is 0 Å². The monoisotopic (exact) mass is 354 g/mol. The van der Waals surface area contributed by atoms with Crippen molar-refractivity contribution in [2.75, 3.05) is 13.1 Å². The van der Waals surface area contributed by atoms with Crippen molar-refractivity contribution in [1.82, 2.24) is 19.7 Å². The first kappa shape index (κ1) is 16.2. The van der Waals surface area contributed by atoms with Gasteiger partial charge in [0.2, 0.25) is 0 Å². The van der Waals surface area contributed by atoms with Gasteiger partial charge in [0.1, 0.15) is 5.82 Å². The van der Waals surface area contributed by atoms with Gasteiger partial charge in [-0.3, -0.25) is 4.90 Å². The summed E-state index contributed by atoms with van der Waals surface area (Å²) in [5, 5.41) is 11.5. The molecule has 4 nitrogen and oxygen atoms in total. The fraction of sp³-hybridized carbons (Fsp3) is 0.217. The lowest BCUT2D eigenvalue weighted by Gasteiger charge is -2.20. The number of hydrogen-bond acceptors (Lipinski definition) is 3. The maximum atomic E-state index is 4.46. The Balaban J connectivity index is 1.34. The van der Waals surface area contributed by atoms with Gasteiger partial charge >= 0.3 is 0 Å². The van der Waals surface area contributed by atoms with Crippen LogP contribution in [0, 0.1) is 0 Å². The molecule has 0 fully saturated rings. The fourth-order valence-corrected chi connectivity index (χ4v) is 3.92. The van der Waals surface area contributed by atoms with Gasteiger partial charge < -0.3 is 4.57 Å². The first-order chi connectivity index (χ1) is 13.4. The highest BCUT2D eigenvalue weighted by Gasteiger charge is 2.19. The van der Waals surface area contributed by atoms with Gasteiger partial charge in [0.15, 0.2) is 5.82 Å². The van der Waals surface area contributed by atoms with Gasteiger partial charge in [0.05, 0.1) is 0 Å². The van der Waals surface area contributed by atoms with Crippen molar-refractivity contribution in [1.29, 1.82) is 0 Å². The van der Waals surface area contributed by atoms with Crippen molar-refractivity contribution in [3.8, 4) is 11.4 Å². The van der Waals surface area contributed by atoms with Crippen LogP contribution in [0.3, 0.4) is 0 Å². The van der Waals surface area contributed by atoms with E-state index in [1.807, 2.05) is 6.07 Å². The summed E-state index contributed by atoms with van der Waals surface area (Å²) >= 11 is 0. The van der Waals surface area contributed by atoms with Crippen molar-refractivity contribution >= 4 is 10.8 Å². The van der Waals surface area contributed by atoms with Crippen LogP contribution in [0.25, 0.3) is 22.2 Å². The number of aromatic nitrogens is 3. The van der Waals surface area contributed by atoms with Crippen molar-refractivity contribution in [3.63, 3.8) is 0 Å². The lowest BCUT2D eigenvalue weighted by Crippen LogP contribution is -2.26. The summed E-state index contributed by atoms with van der Waals surface area (Å²) in [5.41, 5.74) is 2.51. The molecule has 4 aromatic rings. The van der Waals surface area contributed by atoms with Crippen LogP contribution in [0.5, 0.6) is 0 Å². The summed E-state index contributed by atoms with van der Waals surface area (Å²) in [6.07, 6.45) is 0.938. The van der Waals surface area contributed by atoms with Crippen LogP contribution in [-0.4, -0.2) is 32.8 Å². The quantitative estimate of drug-likeness (QED) is 0.554. The van der Waals surface area contributed by atoms with E-state index in [1.54, 1.807) is 0 Å². The third-order valence-electron chi connectivity index (χ3n) is 5.37. The molecule has 0 unspecified atom stereocenters. The summed E-state index contributed by atoms with van der Waals surface area (Å²) in [6, 6.07) is 25.7. The number of nitrogens with zero attached hydrogens (tertiary/aromatic N) is 4. The van der Waals surface area contributed by atoms with E-state index in [1.165, 1.54) is 16.3 Å². The Kier molecular flexibility index (Phi) is 4.18.